The zero-order valence-corrected chi connectivity index (χ0v) is 18.6. The van der Waals surface area contributed by atoms with Crippen LogP contribution < -0.4 is 10.1 Å². The molecule has 1 aliphatic heterocycles. The van der Waals surface area contributed by atoms with Gasteiger partial charge in [0.1, 0.15) is 11.9 Å². The van der Waals surface area contributed by atoms with Gasteiger partial charge in [-0.1, -0.05) is 12.1 Å². The second-order valence-corrected chi connectivity index (χ2v) is 7.98. The van der Waals surface area contributed by atoms with E-state index in [0.29, 0.717) is 12.6 Å². The SMILES string of the molecule is COc1cc(C)ccc1CN1CCO[C@H](c2ccc(Nc3nc(C)cc(C)n3)cn2)C1. The van der Waals surface area contributed by atoms with Crippen molar-refractivity contribution in [3.8, 4) is 5.75 Å². The lowest BCUT2D eigenvalue weighted by Crippen LogP contribution is -2.38. The molecule has 7 heteroatoms. The number of anilines is 2. The van der Waals surface area contributed by atoms with E-state index in [1.165, 1.54) is 11.1 Å². The average Bonchev–Trinajstić information content (AvgIpc) is 2.75. The largest absolute Gasteiger partial charge is 0.496 e. The van der Waals surface area contributed by atoms with Crippen LogP contribution in [0.3, 0.4) is 0 Å². The molecule has 7 nitrogen and oxygen atoms in total. The van der Waals surface area contributed by atoms with Gasteiger partial charge in [0.25, 0.3) is 0 Å². The summed E-state index contributed by atoms with van der Waals surface area (Å²) in [4.78, 5) is 15.9. The molecule has 4 rings (SSSR count). The molecule has 31 heavy (non-hydrogen) atoms. The molecule has 0 unspecified atom stereocenters. The van der Waals surface area contributed by atoms with Crippen LogP contribution in [0.4, 0.5) is 11.6 Å². The van der Waals surface area contributed by atoms with Crippen LogP contribution in [0.5, 0.6) is 5.75 Å². The lowest BCUT2D eigenvalue weighted by molar-refractivity contribution is -0.0351. The number of ether oxygens (including phenoxy) is 2. The second kappa shape index (κ2) is 9.41. The number of rotatable bonds is 6. The monoisotopic (exact) mass is 419 g/mol. The summed E-state index contributed by atoms with van der Waals surface area (Å²) in [5.41, 5.74) is 6.03. The van der Waals surface area contributed by atoms with Gasteiger partial charge in [0.15, 0.2) is 0 Å². The van der Waals surface area contributed by atoms with Crippen LogP contribution >= 0.6 is 0 Å². The Balaban J connectivity index is 1.41. The Morgan fingerprint density at radius 3 is 2.61 bits per heavy atom. The molecule has 0 amide bonds. The maximum absolute atomic E-state index is 6.02. The topological polar surface area (TPSA) is 72.4 Å². The van der Waals surface area contributed by atoms with Crippen molar-refractivity contribution in [2.45, 2.75) is 33.4 Å². The molecular weight excluding hydrogens is 390 g/mol. The Morgan fingerprint density at radius 2 is 1.90 bits per heavy atom. The van der Waals surface area contributed by atoms with E-state index in [4.69, 9.17) is 9.47 Å². The van der Waals surface area contributed by atoms with Crippen LogP contribution in [0, 0.1) is 20.8 Å². The number of nitrogens with one attached hydrogen (secondary N) is 1. The molecule has 0 saturated carbocycles. The van der Waals surface area contributed by atoms with Crippen molar-refractivity contribution in [1.29, 1.82) is 0 Å². The van der Waals surface area contributed by atoms with E-state index in [9.17, 15) is 0 Å². The highest BCUT2D eigenvalue weighted by Crippen LogP contribution is 2.26. The number of nitrogens with zero attached hydrogens (tertiary/aromatic N) is 4. The smallest absolute Gasteiger partial charge is 0.227 e. The molecule has 1 fully saturated rings. The number of aryl methyl sites for hydroxylation is 3. The maximum atomic E-state index is 6.02. The lowest BCUT2D eigenvalue weighted by atomic mass is 10.1. The summed E-state index contributed by atoms with van der Waals surface area (Å²) in [6.45, 7) is 9.17. The van der Waals surface area contributed by atoms with Gasteiger partial charge in [-0.05, 0) is 50.6 Å². The van der Waals surface area contributed by atoms with Crippen LogP contribution in [0.25, 0.3) is 0 Å². The number of benzene rings is 1. The highest BCUT2D eigenvalue weighted by molar-refractivity contribution is 5.52. The van der Waals surface area contributed by atoms with Gasteiger partial charge in [-0.15, -0.1) is 0 Å². The third kappa shape index (κ3) is 5.37. The number of methoxy groups -OCH3 is 1. The minimum atomic E-state index is -0.0586. The molecule has 0 spiro atoms. The summed E-state index contributed by atoms with van der Waals surface area (Å²) in [5, 5.41) is 3.22. The molecule has 1 N–H and O–H groups in total. The highest BCUT2D eigenvalue weighted by atomic mass is 16.5. The maximum Gasteiger partial charge on any atom is 0.227 e. The Bertz CT molecular complexity index is 1020. The molecule has 0 bridgehead atoms. The molecular formula is C24H29N5O2. The van der Waals surface area contributed by atoms with Gasteiger partial charge in [0, 0.05) is 36.6 Å². The summed E-state index contributed by atoms with van der Waals surface area (Å²) in [6, 6.07) is 12.3. The third-order valence-corrected chi connectivity index (χ3v) is 5.34. The summed E-state index contributed by atoms with van der Waals surface area (Å²) in [6.07, 6.45) is 1.75. The van der Waals surface area contributed by atoms with Crippen LogP contribution in [0.1, 0.15) is 34.3 Å². The van der Waals surface area contributed by atoms with Crippen molar-refractivity contribution < 1.29 is 9.47 Å². The predicted octanol–water partition coefficient (Wildman–Crippen LogP) is 4.12. The minimum Gasteiger partial charge on any atom is -0.496 e. The van der Waals surface area contributed by atoms with Gasteiger partial charge in [-0.25, -0.2) is 9.97 Å². The number of morpholine rings is 1. The van der Waals surface area contributed by atoms with E-state index < -0.39 is 0 Å². The summed E-state index contributed by atoms with van der Waals surface area (Å²) in [5.74, 6) is 1.52. The van der Waals surface area contributed by atoms with Crippen molar-refractivity contribution in [3.05, 3.63) is 70.8 Å². The van der Waals surface area contributed by atoms with Crippen LogP contribution in [-0.4, -0.2) is 46.7 Å². The molecule has 0 radical (unpaired) electrons. The van der Waals surface area contributed by atoms with Crippen molar-refractivity contribution in [2.24, 2.45) is 0 Å². The predicted molar refractivity (Wildman–Crippen MR) is 121 cm³/mol. The van der Waals surface area contributed by atoms with Gasteiger partial charge in [0.2, 0.25) is 5.95 Å². The lowest BCUT2D eigenvalue weighted by Gasteiger charge is -2.33. The van der Waals surface area contributed by atoms with E-state index >= 15 is 0 Å². The first kappa shape index (κ1) is 21.2. The zero-order chi connectivity index (χ0) is 21.8. The molecule has 3 heterocycles. The van der Waals surface area contributed by atoms with Crippen molar-refractivity contribution in [2.75, 3.05) is 32.1 Å². The standard InChI is InChI=1S/C24H29N5O2/c1-16-5-6-19(22(11-16)30-4)14-29-9-10-31-23(15-29)21-8-7-20(13-25-21)28-24-26-17(2)12-18(3)27-24/h5-8,11-13,23H,9-10,14-15H2,1-4H3,(H,26,27,28)/t23-/m0/s1. The molecule has 162 valence electrons. The fourth-order valence-corrected chi connectivity index (χ4v) is 3.83. The molecule has 1 saturated heterocycles. The fraction of sp³-hybridized carbons (Fsp3) is 0.375. The summed E-state index contributed by atoms with van der Waals surface area (Å²) >= 11 is 0. The molecule has 1 aromatic carbocycles. The van der Waals surface area contributed by atoms with Crippen LogP contribution in [-0.2, 0) is 11.3 Å². The molecule has 2 aromatic heterocycles. The fourth-order valence-electron chi connectivity index (χ4n) is 3.83. The first-order chi connectivity index (χ1) is 15.0. The number of hydrogen-bond donors (Lipinski definition) is 1. The van der Waals surface area contributed by atoms with Crippen LogP contribution in [0.15, 0.2) is 42.6 Å². The molecule has 1 aliphatic rings. The van der Waals surface area contributed by atoms with Gasteiger partial charge >= 0.3 is 0 Å². The molecule has 0 aliphatic carbocycles. The number of aromatic nitrogens is 3. The Hall–Kier alpha value is -3.03. The Labute approximate surface area is 183 Å². The highest BCUT2D eigenvalue weighted by Gasteiger charge is 2.24. The van der Waals surface area contributed by atoms with Gasteiger partial charge in [-0.3, -0.25) is 9.88 Å². The first-order valence-electron chi connectivity index (χ1n) is 10.5. The minimum absolute atomic E-state index is 0.0586. The van der Waals surface area contributed by atoms with E-state index in [1.807, 2.05) is 38.2 Å². The molecule has 1 atom stereocenters. The van der Waals surface area contributed by atoms with Crippen molar-refractivity contribution >= 4 is 11.6 Å². The normalized spacial score (nSPS) is 16.8. The summed E-state index contributed by atoms with van der Waals surface area (Å²) in [7, 11) is 1.73. The Morgan fingerprint density at radius 1 is 1.10 bits per heavy atom. The number of hydrogen-bond acceptors (Lipinski definition) is 7. The first-order valence-corrected chi connectivity index (χ1v) is 10.5. The van der Waals surface area contributed by atoms with E-state index in [1.54, 1.807) is 7.11 Å². The zero-order valence-electron chi connectivity index (χ0n) is 18.6. The second-order valence-electron chi connectivity index (χ2n) is 7.98. The van der Waals surface area contributed by atoms with E-state index in [0.717, 1.165) is 48.2 Å². The quantitative estimate of drug-likeness (QED) is 0.644. The third-order valence-electron chi connectivity index (χ3n) is 5.34. The summed E-state index contributed by atoms with van der Waals surface area (Å²) < 4.78 is 11.6. The molecule has 3 aromatic rings. The van der Waals surface area contributed by atoms with Crippen molar-refractivity contribution in [1.82, 2.24) is 19.9 Å². The van der Waals surface area contributed by atoms with Gasteiger partial charge in [0.05, 0.1) is 31.3 Å². The van der Waals surface area contributed by atoms with Gasteiger partial charge < -0.3 is 14.8 Å². The Kier molecular flexibility index (Phi) is 6.44. The van der Waals surface area contributed by atoms with E-state index in [2.05, 4.69) is 50.3 Å². The number of pyridine rings is 1. The van der Waals surface area contributed by atoms with Gasteiger partial charge in [-0.2, -0.15) is 0 Å². The van der Waals surface area contributed by atoms with Crippen LogP contribution in [0.2, 0.25) is 0 Å². The average molecular weight is 420 g/mol. The van der Waals surface area contributed by atoms with Crippen molar-refractivity contribution in [3.63, 3.8) is 0 Å². The van der Waals surface area contributed by atoms with E-state index in [-0.39, 0.29) is 6.10 Å².